The molecule has 21 heavy (non-hydrogen) atoms. The molecule has 1 aromatic carbocycles. The second-order valence-electron chi connectivity index (χ2n) is 7.01. The summed E-state index contributed by atoms with van der Waals surface area (Å²) < 4.78 is 13.9. The number of anilines is 1. The molecule has 3 nitrogen and oxygen atoms in total. The number of nitrogens with zero attached hydrogens (tertiary/aromatic N) is 1. The van der Waals surface area contributed by atoms with Crippen LogP contribution in [0.2, 0.25) is 0 Å². The van der Waals surface area contributed by atoms with Crippen molar-refractivity contribution in [1.29, 1.82) is 0 Å². The van der Waals surface area contributed by atoms with E-state index in [2.05, 4.69) is 20.8 Å². The van der Waals surface area contributed by atoms with E-state index < -0.39 is 0 Å². The van der Waals surface area contributed by atoms with Gasteiger partial charge in [0.25, 0.3) is 0 Å². The van der Waals surface area contributed by atoms with Gasteiger partial charge in [-0.1, -0.05) is 26.8 Å². The predicted molar refractivity (Wildman–Crippen MR) is 83.0 cm³/mol. The van der Waals surface area contributed by atoms with E-state index in [-0.39, 0.29) is 23.7 Å². The standard InChI is InChI=1S/C17H25FN2O/c1-17(2,3)12-7-8-16(21)20(10-9-12)11-13-14(18)5-4-6-15(13)19/h4-6,12H,7-11,19H2,1-3H3. The van der Waals surface area contributed by atoms with E-state index >= 15 is 0 Å². The van der Waals surface area contributed by atoms with Crippen molar-refractivity contribution in [3.63, 3.8) is 0 Å². The van der Waals surface area contributed by atoms with Crippen LogP contribution in [0.3, 0.4) is 0 Å². The van der Waals surface area contributed by atoms with Gasteiger partial charge in [0.1, 0.15) is 5.82 Å². The molecule has 1 fully saturated rings. The SMILES string of the molecule is CC(C)(C)C1CCC(=O)N(Cc2c(N)cccc2F)CC1. The highest BCUT2D eigenvalue weighted by Crippen LogP contribution is 2.35. The smallest absolute Gasteiger partial charge is 0.222 e. The van der Waals surface area contributed by atoms with Crippen molar-refractivity contribution in [3.05, 3.63) is 29.6 Å². The van der Waals surface area contributed by atoms with Crippen LogP contribution >= 0.6 is 0 Å². The van der Waals surface area contributed by atoms with E-state index in [0.29, 0.717) is 30.1 Å². The topological polar surface area (TPSA) is 46.3 Å². The highest BCUT2D eigenvalue weighted by atomic mass is 19.1. The van der Waals surface area contributed by atoms with Crippen LogP contribution < -0.4 is 5.73 Å². The average Bonchev–Trinajstić information content (AvgIpc) is 2.56. The Bertz CT molecular complexity index is 502. The largest absolute Gasteiger partial charge is 0.398 e. The lowest BCUT2D eigenvalue weighted by Crippen LogP contribution is -2.31. The molecule has 0 aromatic heterocycles. The molecule has 1 aliphatic rings. The van der Waals surface area contributed by atoms with Gasteiger partial charge in [-0.05, 0) is 36.3 Å². The van der Waals surface area contributed by atoms with Gasteiger partial charge in [-0.3, -0.25) is 4.79 Å². The summed E-state index contributed by atoms with van der Waals surface area (Å²) in [5, 5.41) is 0. The maximum atomic E-state index is 13.9. The summed E-state index contributed by atoms with van der Waals surface area (Å²) in [6.07, 6.45) is 2.41. The first-order chi connectivity index (χ1) is 9.79. The van der Waals surface area contributed by atoms with E-state index in [1.165, 1.54) is 6.07 Å². The van der Waals surface area contributed by atoms with Crippen LogP contribution in [0.4, 0.5) is 10.1 Å². The van der Waals surface area contributed by atoms with Gasteiger partial charge in [-0.25, -0.2) is 4.39 Å². The zero-order valence-corrected chi connectivity index (χ0v) is 13.2. The van der Waals surface area contributed by atoms with Crippen molar-refractivity contribution in [2.45, 2.75) is 46.6 Å². The lowest BCUT2D eigenvalue weighted by atomic mass is 9.77. The highest BCUT2D eigenvalue weighted by Gasteiger charge is 2.30. The zero-order chi connectivity index (χ0) is 15.6. The Morgan fingerprint density at radius 3 is 2.67 bits per heavy atom. The fraction of sp³-hybridized carbons (Fsp3) is 0.588. The Morgan fingerprint density at radius 2 is 2.05 bits per heavy atom. The van der Waals surface area contributed by atoms with Crippen LogP contribution in [-0.2, 0) is 11.3 Å². The summed E-state index contributed by atoms with van der Waals surface area (Å²) in [7, 11) is 0. The number of rotatable bonds is 2. The summed E-state index contributed by atoms with van der Waals surface area (Å²) in [4.78, 5) is 14.0. The Morgan fingerprint density at radius 1 is 1.33 bits per heavy atom. The monoisotopic (exact) mass is 292 g/mol. The normalized spacial score (nSPS) is 20.5. The van der Waals surface area contributed by atoms with Gasteiger partial charge < -0.3 is 10.6 Å². The van der Waals surface area contributed by atoms with E-state index in [1.54, 1.807) is 17.0 Å². The summed E-state index contributed by atoms with van der Waals surface area (Å²) >= 11 is 0. The summed E-state index contributed by atoms with van der Waals surface area (Å²) in [5.41, 5.74) is 6.89. The number of hydrogen-bond acceptors (Lipinski definition) is 2. The van der Waals surface area contributed by atoms with Crippen LogP contribution in [-0.4, -0.2) is 17.4 Å². The number of amides is 1. The number of nitrogen functional groups attached to an aromatic ring is 1. The predicted octanol–water partition coefficient (Wildman–Crippen LogP) is 3.58. The lowest BCUT2D eigenvalue weighted by molar-refractivity contribution is -0.131. The Balaban J connectivity index is 2.12. The molecule has 1 unspecified atom stereocenters. The van der Waals surface area contributed by atoms with Crippen LogP contribution in [0.1, 0.15) is 45.6 Å². The first-order valence-corrected chi connectivity index (χ1v) is 7.59. The molecule has 1 aromatic rings. The number of likely N-dealkylation sites (tertiary alicyclic amines) is 1. The number of nitrogens with two attached hydrogens (primary N) is 1. The first kappa shape index (κ1) is 15.8. The lowest BCUT2D eigenvalue weighted by Gasteiger charge is -2.29. The zero-order valence-electron chi connectivity index (χ0n) is 13.2. The second-order valence-corrected chi connectivity index (χ2v) is 7.01. The van der Waals surface area contributed by atoms with E-state index in [9.17, 15) is 9.18 Å². The Hall–Kier alpha value is -1.58. The summed E-state index contributed by atoms with van der Waals surface area (Å²) in [5.74, 6) is 0.285. The molecule has 2 rings (SSSR count). The number of halogens is 1. The molecule has 0 radical (unpaired) electrons. The molecule has 0 saturated carbocycles. The van der Waals surface area contributed by atoms with E-state index in [0.717, 1.165) is 12.8 Å². The van der Waals surface area contributed by atoms with Crippen molar-refractivity contribution < 1.29 is 9.18 Å². The van der Waals surface area contributed by atoms with Gasteiger partial charge in [0.2, 0.25) is 5.91 Å². The van der Waals surface area contributed by atoms with Gasteiger partial charge >= 0.3 is 0 Å². The highest BCUT2D eigenvalue weighted by molar-refractivity contribution is 5.76. The number of carbonyl (C=O) groups excluding carboxylic acids is 1. The van der Waals surface area contributed by atoms with Crippen LogP contribution in [0.15, 0.2) is 18.2 Å². The molecule has 116 valence electrons. The molecule has 1 atom stereocenters. The summed E-state index contributed by atoms with van der Waals surface area (Å²) in [6, 6.07) is 4.67. The maximum Gasteiger partial charge on any atom is 0.222 e. The summed E-state index contributed by atoms with van der Waals surface area (Å²) in [6.45, 7) is 7.59. The minimum absolute atomic E-state index is 0.101. The van der Waals surface area contributed by atoms with Crippen LogP contribution in [0, 0.1) is 17.2 Å². The quantitative estimate of drug-likeness (QED) is 0.847. The van der Waals surface area contributed by atoms with Gasteiger partial charge in [0.15, 0.2) is 0 Å². The maximum absolute atomic E-state index is 13.9. The minimum atomic E-state index is -0.334. The van der Waals surface area contributed by atoms with Crippen molar-refractivity contribution in [2.75, 3.05) is 12.3 Å². The van der Waals surface area contributed by atoms with Gasteiger partial charge in [-0.2, -0.15) is 0 Å². The van der Waals surface area contributed by atoms with E-state index in [4.69, 9.17) is 5.73 Å². The van der Waals surface area contributed by atoms with Gasteiger partial charge in [0, 0.05) is 24.2 Å². The van der Waals surface area contributed by atoms with Crippen LogP contribution in [0.25, 0.3) is 0 Å². The van der Waals surface area contributed by atoms with Crippen molar-refractivity contribution in [2.24, 2.45) is 11.3 Å². The third-order valence-corrected chi connectivity index (χ3v) is 4.54. The third-order valence-electron chi connectivity index (χ3n) is 4.54. The van der Waals surface area contributed by atoms with E-state index in [1.807, 2.05) is 0 Å². The minimum Gasteiger partial charge on any atom is -0.398 e. The third kappa shape index (κ3) is 3.74. The molecule has 0 bridgehead atoms. The van der Waals surface area contributed by atoms with Gasteiger partial charge in [0.05, 0.1) is 6.54 Å². The molecule has 1 amide bonds. The number of carbonyl (C=O) groups is 1. The van der Waals surface area contributed by atoms with Crippen LogP contribution in [0.5, 0.6) is 0 Å². The number of hydrogen-bond donors (Lipinski definition) is 1. The molecule has 1 heterocycles. The fourth-order valence-corrected chi connectivity index (χ4v) is 3.00. The van der Waals surface area contributed by atoms with Crippen molar-refractivity contribution >= 4 is 11.6 Å². The van der Waals surface area contributed by atoms with Crippen molar-refractivity contribution in [3.8, 4) is 0 Å². The molecule has 4 heteroatoms. The molecule has 1 aliphatic heterocycles. The second kappa shape index (κ2) is 6.04. The van der Waals surface area contributed by atoms with Crippen molar-refractivity contribution in [1.82, 2.24) is 4.90 Å². The molecule has 2 N–H and O–H groups in total. The molecular weight excluding hydrogens is 267 g/mol. The Labute approximate surface area is 126 Å². The fourth-order valence-electron chi connectivity index (χ4n) is 3.00. The molecule has 0 aliphatic carbocycles. The van der Waals surface area contributed by atoms with Gasteiger partial charge in [-0.15, -0.1) is 0 Å². The number of benzene rings is 1. The molecule has 1 saturated heterocycles. The average molecular weight is 292 g/mol. The molecular formula is C17H25FN2O. The first-order valence-electron chi connectivity index (χ1n) is 7.59. The Kier molecular flexibility index (Phi) is 4.55. The molecule has 0 spiro atoms.